The summed E-state index contributed by atoms with van der Waals surface area (Å²) in [4.78, 5) is 66.1. The Hall–Kier alpha value is -2.93. The first-order chi connectivity index (χ1) is 23.5. The fourth-order valence-electron chi connectivity index (χ4n) is 4.27. The first-order valence-electron chi connectivity index (χ1n) is 17.5. The molecule has 0 aliphatic rings. The smallest absolute Gasteiger partial charge is 0.426 e. The van der Waals surface area contributed by atoms with Crippen molar-refractivity contribution in [3.63, 3.8) is 0 Å². The van der Waals surface area contributed by atoms with Gasteiger partial charge in [0.15, 0.2) is 5.12 Å². The summed E-state index contributed by atoms with van der Waals surface area (Å²) in [5.41, 5.74) is -2.87. The average Bonchev–Trinajstić information content (AvgIpc) is 2.91. The quantitative estimate of drug-likeness (QED) is 0.116. The average molecular weight is 772 g/mol. The second kappa shape index (κ2) is 19.4. The maximum atomic E-state index is 14.0. The number of hydrogen-bond donors (Lipinski definition) is 1. The lowest BCUT2D eigenvalue weighted by atomic mass is 10.00. The molecule has 1 aromatic carbocycles. The molecule has 0 aliphatic heterocycles. The molecule has 1 aromatic rings. The number of benzene rings is 1. The first-order valence-corrected chi connectivity index (χ1v) is 19.6. The summed E-state index contributed by atoms with van der Waals surface area (Å²) >= 11 is 1.23. The minimum absolute atomic E-state index is 0.0831. The van der Waals surface area contributed by atoms with Crippen LogP contribution < -0.4 is 9.84 Å². The Morgan fingerprint density at radius 3 is 1.60 bits per heavy atom. The van der Waals surface area contributed by atoms with Gasteiger partial charge in [-0.15, -0.1) is 4.90 Å². The van der Waals surface area contributed by atoms with Gasteiger partial charge in [-0.05, 0) is 108 Å². The fraction of sp³-hybridized carbons (Fsp3) is 0.703. The van der Waals surface area contributed by atoms with Gasteiger partial charge >= 0.3 is 26.8 Å². The molecule has 4 amide bonds. The lowest BCUT2D eigenvalue weighted by molar-refractivity contribution is -0.131. The standard InChI is InChI=1S/C37H62N3O10PS/c1-24(2)40(25(3)4)51(46-21-22-52-30(42)34(5,6)7)50-27-19-17-26(18-20-27)23-28(38-31(43)47-35(8,9)10)29(41)39(32(44)48-36(11,12)13)33(45)49-37(14,15)16/h17-20,24-25,28H,21-23H2,1-16H3,(H,38,43)/t28-,51?/m0/s1. The number of hydrogen-bond acceptors (Lipinski definition) is 12. The largest absolute Gasteiger partial charge is 0.444 e. The maximum Gasteiger partial charge on any atom is 0.426 e. The predicted molar refractivity (Wildman–Crippen MR) is 205 cm³/mol. The molecule has 0 aromatic heterocycles. The number of ether oxygens (including phenoxy) is 3. The molecule has 1 unspecified atom stereocenters. The summed E-state index contributed by atoms with van der Waals surface area (Å²) in [5.74, 6) is -0.101. The highest BCUT2D eigenvalue weighted by molar-refractivity contribution is 8.13. The van der Waals surface area contributed by atoms with Crippen molar-refractivity contribution in [2.75, 3.05) is 12.4 Å². The highest BCUT2D eigenvalue weighted by Crippen LogP contribution is 2.46. The van der Waals surface area contributed by atoms with Crippen LogP contribution in [0.5, 0.6) is 5.75 Å². The lowest BCUT2D eigenvalue weighted by Crippen LogP contribution is -2.55. The summed E-state index contributed by atoms with van der Waals surface area (Å²) < 4.78 is 30.9. The van der Waals surface area contributed by atoms with E-state index in [0.29, 0.717) is 23.7 Å². The van der Waals surface area contributed by atoms with Crippen molar-refractivity contribution in [3.05, 3.63) is 29.8 Å². The van der Waals surface area contributed by atoms with Gasteiger partial charge in [-0.2, -0.15) is 0 Å². The van der Waals surface area contributed by atoms with Gasteiger partial charge < -0.3 is 28.6 Å². The van der Waals surface area contributed by atoms with Gasteiger partial charge in [0.1, 0.15) is 28.6 Å². The second-order valence-electron chi connectivity index (χ2n) is 16.8. The number of amides is 4. The topological polar surface area (TPSA) is 150 Å². The van der Waals surface area contributed by atoms with Crippen LogP contribution in [0.1, 0.15) is 116 Å². The number of carbonyl (C=O) groups excluding carboxylic acids is 5. The normalized spacial score (nSPS) is 13.8. The second-order valence-corrected chi connectivity index (χ2v) is 19.2. The van der Waals surface area contributed by atoms with E-state index in [4.69, 9.17) is 23.3 Å². The molecule has 0 spiro atoms. The van der Waals surface area contributed by atoms with E-state index in [1.165, 1.54) is 11.8 Å². The van der Waals surface area contributed by atoms with Crippen LogP contribution in [0.2, 0.25) is 0 Å². The zero-order valence-corrected chi connectivity index (χ0v) is 35.7. The van der Waals surface area contributed by atoms with Crippen LogP contribution in [0.25, 0.3) is 0 Å². The summed E-state index contributed by atoms with van der Waals surface area (Å²) in [6.45, 7) is 28.7. The van der Waals surface area contributed by atoms with Crippen molar-refractivity contribution in [1.82, 2.24) is 14.9 Å². The Bertz CT molecular complexity index is 1320. The number of nitrogens with zero attached hydrogens (tertiary/aromatic N) is 2. The van der Waals surface area contributed by atoms with Gasteiger partial charge in [0, 0.05) is 29.7 Å². The van der Waals surface area contributed by atoms with Crippen molar-refractivity contribution in [1.29, 1.82) is 0 Å². The van der Waals surface area contributed by atoms with Gasteiger partial charge in [-0.1, -0.05) is 44.7 Å². The molecular weight excluding hydrogens is 709 g/mol. The third kappa shape index (κ3) is 17.7. The summed E-state index contributed by atoms with van der Waals surface area (Å²) in [7, 11) is -1.58. The van der Waals surface area contributed by atoms with Crippen molar-refractivity contribution in [3.8, 4) is 5.75 Å². The zero-order chi connectivity index (χ0) is 40.4. The maximum absolute atomic E-state index is 14.0. The van der Waals surface area contributed by atoms with Gasteiger partial charge in [0.25, 0.3) is 5.91 Å². The van der Waals surface area contributed by atoms with Crippen LogP contribution >= 0.6 is 20.3 Å². The molecule has 0 heterocycles. The van der Waals surface area contributed by atoms with E-state index in [0.717, 1.165) is 0 Å². The predicted octanol–water partition coefficient (Wildman–Crippen LogP) is 8.87. The van der Waals surface area contributed by atoms with Gasteiger partial charge in [0.05, 0.1) is 6.61 Å². The van der Waals surface area contributed by atoms with Crippen LogP contribution in [0.4, 0.5) is 14.4 Å². The molecule has 13 nitrogen and oxygen atoms in total. The Morgan fingerprint density at radius 1 is 0.731 bits per heavy atom. The van der Waals surface area contributed by atoms with E-state index in [-0.39, 0.29) is 28.5 Å². The molecule has 296 valence electrons. The number of alkyl carbamates (subject to hydrolysis) is 1. The number of rotatable bonds is 13. The van der Waals surface area contributed by atoms with Gasteiger partial charge in [0.2, 0.25) is 0 Å². The highest BCUT2D eigenvalue weighted by atomic mass is 32.2. The van der Waals surface area contributed by atoms with E-state index in [9.17, 15) is 24.0 Å². The fourth-order valence-corrected chi connectivity index (χ4v) is 6.76. The third-order valence-electron chi connectivity index (χ3n) is 6.29. The zero-order valence-electron chi connectivity index (χ0n) is 34.0. The molecule has 1 rings (SSSR count). The number of nitrogens with one attached hydrogen (secondary N) is 1. The van der Waals surface area contributed by atoms with Crippen molar-refractivity contribution >= 4 is 49.6 Å². The van der Waals surface area contributed by atoms with Gasteiger partial charge in [-0.3, -0.25) is 9.59 Å². The van der Waals surface area contributed by atoms with E-state index >= 15 is 0 Å². The van der Waals surface area contributed by atoms with Crippen LogP contribution in [0.3, 0.4) is 0 Å². The molecule has 0 fully saturated rings. The Kier molecular flexibility index (Phi) is 17.6. The molecular formula is C37H62N3O10PS. The van der Waals surface area contributed by atoms with E-state index in [1.54, 1.807) is 86.6 Å². The summed E-state index contributed by atoms with van der Waals surface area (Å²) in [6, 6.07) is 5.58. The number of thioether (sulfide) groups is 1. The monoisotopic (exact) mass is 771 g/mol. The van der Waals surface area contributed by atoms with Crippen molar-refractivity contribution in [2.24, 2.45) is 5.41 Å². The molecule has 1 N–H and O–H groups in total. The molecule has 0 saturated carbocycles. The van der Waals surface area contributed by atoms with E-state index < -0.39 is 61.0 Å². The molecule has 0 saturated heterocycles. The van der Waals surface area contributed by atoms with Crippen molar-refractivity contribution < 1.29 is 47.2 Å². The molecule has 52 heavy (non-hydrogen) atoms. The molecule has 0 bridgehead atoms. The van der Waals surface area contributed by atoms with Gasteiger partial charge in [-0.25, -0.2) is 19.1 Å². The number of imide groups is 3. The Balaban J connectivity index is 3.43. The molecule has 0 radical (unpaired) electrons. The Labute approximate surface area is 316 Å². The summed E-state index contributed by atoms with van der Waals surface area (Å²) in [6.07, 6.45) is -3.55. The molecule has 2 atom stereocenters. The minimum atomic E-state index is -1.58. The van der Waals surface area contributed by atoms with E-state index in [2.05, 4.69) is 37.7 Å². The molecule has 0 aliphatic carbocycles. The SMILES string of the molecule is CC(C)N(C(C)C)P(OCCSC(=O)C(C)(C)C)Oc1ccc(C[C@H](NC(=O)OC(C)(C)C)C(=O)N(C(=O)OC(C)(C)C)C(=O)OC(C)(C)C)cc1. The highest BCUT2D eigenvalue weighted by Gasteiger charge is 2.41. The number of carbonyl (C=O) groups is 5. The van der Waals surface area contributed by atoms with Crippen LogP contribution in [-0.4, -0.2) is 86.2 Å². The lowest BCUT2D eigenvalue weighted by Gasteiger charge is -2.35. The Morgan fingerprint density at radius 2 is 1.19 bits per heavy atom. The van der Waals surface area contributed by atoms with Crippen LogP contribution in [-0.2, 0) is 34.7 Å². The minimum Gasteiger partial charge on any atom is -0.444 e. The first kappa shape index (κ1) is 47.1. The van der Waals surface area contributed by atoms with E-state index in [1.807, 2.05) is 20.8 Å². The molecule has 15 heteroatoms. The van der Waals surface area contributed by atoms with Crippen LogP contribution in [0, 0.1) is 5.41 Å². The van der Waals surface area contributed by atoms with Crippen LogP contribution in [0.15, 0.2) is 24.3 Å². The van der Waals surface area contributed by atoms with Crippen molar-refractivity contribution in [2.45, 2.75) is 152 Å². The summed E-state index contributed by atoms with van der Waals surface area (Å²) in [5, 5.41) is 2.60. The third-order valence-corrected chi connectivity index (χ3v) is 9.60.